The molecule has 17 heavy (non-hydrogen) atoms. The van der Waals surface area contributed by atoms with Crippen molar-refractivity contribution >= 4 is 15.9 Å². The zero-order chi connectivity index (χ0) is 12.3. The van der Waals surface area contributed by atoms with Crippen LogP contribution in [-0.4, -0.2) is 0 Å². The molecule has 0 aliphatic heterocycles. The number of allylic oxidation sites excluding steroid dienone is 1. The Labute approximate surface area is 109 Å². The van der Waals surface area contributed by atoms with Crippen LogP contribution in [0.15, 0.2) is 59.6 Å². The highest BCUT2D eigenvalue weighted by Gasteiger charge is 2.05. The number of rotatable bonds is 3. The maximum Gasteiger partial charge on any atom is 0.131 e. The number of hydrogen-bond donors (Lipinski definition) is 0. The lowest BCUT2D eigenvalue weighted by atomic mass is 10.0. The third-order valence-electron chi connectivity index (χ3n) is 2.57. The standard InChI is InChI=1S/C15H12BrF/c1-2-3-11-4-9-14(15(17)10-11)12-5-7-13(16)8-6-12/h2,4-10H,1,3H2. The molecule has 0 aliphatic carbocycles. The summed E-state index contributed by atoms with van der Waals surface area (Å²) in [6, 6.07) is 12.9. The summed E-state index contributed by atoms with van der Waals surface area (Å²) >= 11 is 3.36. The maximum absolute atomic E-state index is 13.9. The van der Waals surface area contributed by atoms with Crippen molar-refractivity contribution in [1.82, 2.24) is 0 Å². The largest absolute Gasteiger partial charge is 0.206 e. The van der Waals surface area contributed by atoms with Gasteiger partial charge in [-0.1, -0.05) is 46.3 Å². The summed E-state index contributed by atoms with van der Waals surface area (Å²) in [6.45, 7) is 3.65. The normalized spacial score (nSPS) is 10.2. The van der Waals surface area contributed by atoms with E-state index in [2.05, 4.69) is 22.5 Å². The monoisotopic (exact) mass is 290 g/mol. The van der Waals surface area contributed by atoms with Crippen LogP contribution in [0.5, 0.6) is 0 Å². The van der Waals surface area contributed by atoms with Gasteiger partial charge in [-0.15, -0.1) is 6.58 Å². The van der Waals surface area contributed by atoms with Crippen molar-refractivity contribution in [3.63, 3.8) is 0 Å². The van der Waals surface area contributed by atoms with Crippen LogP contribution in [0.25, 0.3) is 11.1 Å². The van der Waals surface area contributed by atoms with Crippen LogP contribution < -0.4 is 0 Å². The lowest BCUT2D eigenvalue weighted by Gasteiger charge is -2.05. The van der Waals surface area contributed by atoms with E-state index >= 15 is 0 Å². The van der Waals surface area contributed by atoms with Gasteiger partial charge in [0.2, 0.25) is 0 Å². The molecule has 0 saturated heterocycles. The fourth-order valence-electron chi connectivity index (χ4n) is 1.72. The molecule has 0 radical (unpaired) electrons. The predicted molar refractivity (Wildman–Crippen MR) is 73.4 cm³/mol. The van der Waals surface area contributed by atoms with Crippen molar-refractivity contribution in [1.29, 1.82) is 0 Å². The minimum Gasteiger partial charge on any atom is -0.206 e. The molecule has 0 aliphatic rings. The Morgan fingerprint density at radius 3 is 2.41 bits per heavy atom. The molecule has 0 fully saturated rings. The molecule has 0 saturated carbocycles. The summed E-state index contributed by atoms with van der Waals surface area (Å²) in [6.07, 6.45) is 2.46. The SMILES string of the molecule is C=CCc1ccc(-c2ccc(Br)cc2)c(F)c1. The lowest BCUT2D eigenvalue weighted by Crippen LogP contribution is -1.88. The maximum atomic E-state index is 13.9. The fraction of sp³-hybridized carbons (Fsp3) is 0.0667. The molecule has 2 aromatic rings. The van der Waals surface area contributed by atoms with Gasteiger partial charge in [-0.2, -0.15) is 0 Å². The molecule has 86 valence electrons. The zero-order valence-corrected chi connectivity index (χ0v) is 10.9. The highest BCUT2D eigenvalue weighted by Crippen LogP contribution is 2.25. The number of halogens is 2. The molecule has 2 aromatic carbocycles. The molecule has 0 atom stereocenters. The number of hydrogen-bond acceptors (Lipinski definition) is 0. The molecular weight excluding hydrogens is 279 g/mol. The van der Waals surface area contributed by atoms with Gasteiger partial charge in [0, 0.05) is 10.0 Å². The van der Waals surface area contributed by atoms with E-state index in [1.807, 2.05) is 36.4 Å². The Hall–Kier alpha value is -1.41. The lowest BCUT2D eigenvalue weighted by molar-refractivity contribution is 0.629. The second-order valence-corrected chi connectivity index (χ2v) is 4.73. The van der Waals surface area contributed by atoms with E-state index in [0.717, 1.165) is 15.6 Å². The van der Waals surface area contributed by atoms with E-state index in [1.165, 1.54) is 0 Å². The van der Waals surface area contributed by atoms with Gasteiger partial charge in [0.15, 0.2) is 0 Å². The molecule has 0 bridgehead atoms. The molecule has 0 amide bonds. The van der Waals surface area contributed by atoms with Crippen LogP contribution in [0.4, 0.5) is 4.39 Å². The van der Waals surface area contributed by atoms with Gasteiger partial charge in [-0.3, -0.25) is 0 Å². The van der Waals surface area contributed by atoms with E-state index in [9.17, 15) is 4.39 Å². The second-order valence-electron chi connectivity index (χ2n) is 3.81. The first kappa shape index (κ1) is 12.1. The molecule has 2 heteroatoms. The van der Waals surface area contributed by atoms with Crippen LogP contribution in [0.3, 0.4) is 0 Å². The average molecular weight is 291 g/mol. The highest BCUT2D eigenvalue weighted by atomic mass is 79.9. The second kappa shape index (κ2) is 5.28. The third kappa shape index (κ3) is 2.83. The van der Waals surface area contributed by atoms with Crippen molar-refractivity contribution < 1.29 is 4.39 Å². The van der Waals surface area contributed by atoms with Gasteiger partial charge in [-0.05, 0) is 35.7 Å². The first-order valence-corrected chi connectivity index (χ1v) is 6.15. The summed E-state index contributed by atoms with van der Waals surface area (Å²) in [4.78, 5) is 0. The Balaban J connectivity index is 2.39. The van der Waals surface area contributed by atoms with Crippen molar-refractivity contribution in [2.75, 3.05) is 0 Å². The van der Waals surface area contributed by atoms with Crippen LogP contribution in [0.1, 0.15) is 5.56 Å². The van der Waals surface area contributed by atoms with Gasteiger partial charge >= 0.3 is 0 Å². The van der Waals surface area contributed by atoms with Crippen molar-refractivity contribution in [2.24, 2.45) is 0 Å². The first-order valence-electron chi connectivity index (χ1n) is 5.36. The van der Waals surface area contributed by atoms with Gasteiger partial charge < -0.3 is 0 Å². The van der Waals surface area contributed by atoms with Crippen molar-refractivity contribution in [3.8, 4) is 11.1 Å². The molecule has 0 N–H and O–H groups in total. The zero-order valence-electron chi connectivity index (χ0n) is 9.29. The van der Waals surface area contributed by atoms with Crippen LogP contribution in [0.2, 0.25) is 0 Å². The highest BCUT2D eigenvalue weighted by molar-refractivity contribution is 9.10. The van der Waals surface area contributed by atoms with Gasteiger partial charge in [0.1, 0.15) is 5.82 Å². The molecule has 0 spiro atoms. The molecule has 2 rings (SSSR count). The van der Waals surface area contributed by atoms with Gasteiger partial charge in [0.25, 0.3) is 0 Å². The number of benzene rings is 2. The molecular formula is C15H12BrF. The smallest absolute Gasteiger partial charge is 0.131 e. The Morgan fingerprint density at radius 1 is 1.12 bits per heavy atom. The van der Waals surface area contributed by atoms with E-state index in [-0.39, 0.29) is 5.82 Å². The van der Waals surface area contributed by atoms with E-state index < -0.39 is 0 Å². The molecule has 0 unspecified atom stereocenters. The predicted octanol–water partition coefficient (Wildman–Crippen LogP) is 4.98. The van der Waals surface area contributed by atoms with Crippen LogP contribution >= 0.6 is 15.9 Å². The Bertz CT molecular complexity index is 529. The summed E-state index contributed by atoms with van der Waals surface area (Å²) in [5.74, 6) is -0.188. The molecule has 0 heterocycles. The summed E-state index contributed by atoms with van der Waals surface area (Å²) < 4.78 is 14.9. The van der Waals surface area contributed by atoms with E-state index in [1.54, 1.807) is 12.1 Å². The quantitative estimate of drug-likeness (QED) is 0.699. The fourth-order valence-corrected chi connectivity index (χ4v) is 1.98. The van der Waals surface area contributed by atoms with Crippen molar-refractivity contribution in [2.45, 2.75) is 6.42 Å². The summed E-state index contributed by atoms with van der Waals surface area (Å²) in [5.41, 5.74) is 2.46. The van der Waals surface area contributed by atoms with Crippen LogP contribution in [0, 0.1) is 5.82 Å². The minimum absolute atomic E-state index is 0.188. The Morgan fingerprint density at radius 2 is 1.82 bits per heavy atom. The van der Waals surface area contributed by atoms with E-state index in [0.29, 0.717) is 12.0 Å². The van der Waals surface area contributed by atoms with Crippen molar-refractivity contribution in [3.05, 3.63) is 71.0 Å². The van der Waals surface area contributed by atoms with Crippen LogP contribution in [-0.2, 0) is 6.42 Å². The summed E-state index contributed by atoms with van der Waals surface area (Å²) in [5, 5.41) is 0. The van der Waals surface area contributed by atoms with E-state index in [4.69, 9.17) is 0 Å². The molecule has 0 aromatic heterocycles. The first-order chi connectivity index (χ1) is 8.20. The average Bonchev–Trinajstić information content (AvgIpc) is 2.31. The van der Waals surface area contributed by atoms with Gasteiger partial charge in [-0.25, -0.2) is 4.39 Å². The summed E-state index contributed by atoms with van der Waals surface area (Å²) in [7, 11) is 0. The topological polar surface area (TPSA) is 0 Å². The Kier molecular flexibility index (Phi) is 3.75. The minimum atomic E-state index is -0.188. The third-order valence-corrected chi connectivity index (χ3v) is 3.10. The molecule has 0 nitrogen and oxygen atoms in total. The van der Waals surface area contributed by atoms with Gasteiger partial charge in [0.05, 0.1) is 0 Å².